The van der Waals surface area contributed by atoms with E-state index >= 15 is 0 Å². The van der Waals surface area contributed by atoms with E-state index in [0.717, 1.165) is 33.5 Å². The van der Waals surface area contributed by atoms with E-state index in [1.54, 1.807) is 24.9 Å². The lowest BCUT2D eigenvalue weighted by Gasteiger charge is -2.20. The van der Waals surface area contributed by atoms with Crippen LogP contribution in [0.2, 0.25) is 0 Å². The number of benzene rings is 1. The maximum atomic E-state index is 5.95. The Bertz CT molecular complexity index is 2070. The third-order valence-corrected chi connectivity index (χ3v) is 7.13. The Morgan fingerprint density at radius 1 is 0.780 bits per heavy atom. The average molecular weight is 558 g/mol. The molecular weight excluding hydrogens is 542 g/mol. The second kappa shape index (κ2) is 9.39. The van der Waals surface area contributed by atoms with Crippen LogP contribution in [0.4, 0.5) is 0 Å². The van der Waals surface area contributed by atoms with Crippen LogP contribution < -0.4 is 0 Å². The molecule has 13 nitrogen and oxygen atoms in total. The Hall–Kier alpha value is -5.89. The molecule has 0 fully saturated rings. The van der Waals surface area contributed by atoms with E-state index < -0.39 is 0 Å². The number of nitrogens with one attached hydrogen (secondary N) is 2. The van der Waals surface area contributed by atoms with Crippen LogP contribution >= 0.6 is 11.5 Å². The minimum absolute atomic E-state index is 0.335. The predicted octanol–water partition coefficient (Wildman–Crippen LogP) is 5.30. The maximum Gasteiger partial charge on any atom is 0.227 e. The van der Waals surface area contributed by atoms with Gasteiger partial charge in [-0.25, -0.2) is 15.1 Å². The molecule has 0 saturated carbocycles. The number of pyridine rings is 2. The molecule has 41 heavy (non-hydrogen) atoms. The SMILES string of the molecule is c1ccc(-c2c(-c3ccco3)cc3nc(-c4nnn[nH]4)c(-c4c[nH]nn4)c(-c4ncco4)c3c2-c2ccsn2)nc1. The number of hydrogen-bond donors (Lipinski definition) is 2. The molecular formula is C27H15N11O2S. The summed E-state index contributed by atoms with van der Waals surface area (Å²) in [5.74, 6) is 1.33. The number of oxazole rings is 1. The number of aromatic amines is 2. The zero-order chi connectivity index (χ0) is 27.2. The predicted molar refractivity (Wildman–Crippen MR) is 148 cm³/mol. The fourth-order valence-electron chi connectivity index (χ4n) is 5.00. The van der Waals surface area contributed by atoms with Crippen molar-refractivity contribution in [3.63, 3.8) is 0 Å². The first-order valence-electron chi connectivity index (χ1n) is 12.3. The minimum Gasteiger partial charge on any atom is -0.464 e. The fourth-order valence-corrected chi connectivity index (χ4v) is 5.51. The van der Waals surface area contributed by atoms with Gasteiger partial charge in [0.2, 0.25) is 5.89 Å². The topological polar surface area (TPSA) is 174 Å². The van der Waals surface area contributed by atoms with Crippen molar-refractivity contribution in [2.75, 3.05) is 0 Å². The largest absolute Gasteiger partial charge is 0.464 e. The molecule has 8 rings (SSSR count). The first-order chi connectivity index (χ1) is 20.4. The average Bonchev–Trinajstić information content (AvgIpc) is 3.85. The lowest BCUT2D eigenvalue weighted by Crippen LogP contribution is -2.02. The van der Waals surface area contributed by atoms with Gasteiger partial charge in [-0.05, 0) is 58.4 Å². The lowest BCUT2D eigenvalue weighted by molar-refractivity contribution is 0.575. The van der Waals surface area contributed by atoms with Crippen molar-refractivity contribution < 1.29 is 8.83 Å². The highest BCUT2D eigenvalue weighted by molar-refractivity contribution is 7.03. The Balaban J connectivity index is 1.65. The molecule has 0 radical (unpaired) electrons. The van der Waals surface area contributed by atoms with Crippen molar-refractivity contribution in [2.24, 2.45) is 0 Å². The maximum absolute atomic E-state index is 5.95. The minimum atomic E-state index is 0.335. The summed E-state index contributed by atoms with van der Waals surface area (Å²) < 4.78 is 16.6. The molecule has 7 heterocycles. The normalized spacial score (nSPS) is 11.4. The van der Waals surface area contributed by atoms with Crippen molar-refractivity contribution in [3.8, 4) is 68.1 Å². The van der Waals surface area contributed by atoms with E-state index in [2.05, 4.69) is 41.0 Å². The summed E-state index contributed by atoms with van der Waals surface area (Å²) in [6.07, 6.45) is 8.16. The molecule has 14 heteroatoms. The van der Waals surface area contributed by atoms with E-state index in [4.69, 9.17) is 23.2 Å². The van der Waals surface area contributed by atoms with E-state index in [0.29, 0.717) is 45.5 Å². The number of nitrogens with zero attached hydrogens (tertiary/aromatic N) is 9. The van der Waals surface area contributed by atoms with Gasteiger partial charge in [0, 0.05) is 39.2 Å². The summed E-state index contributed by atoms with van der Waals surface area (Å²) >= 11 is 1.34. The van der Waals surface area contributed by atoms with Crippen LogP contribution in [0, 0.1) is 0 Å². The molecule has 0 aliphatic heterocycles. The number of rotatable bonds is 6. The van der Waals surface area contributed by atoms with Crippen LogP contribution in [0.5, 0.6) is 0 Å². The second-order valence-electron chi connectivity index (χ2n) is 8.80. The van der Waals surface area contributed by atoms with Gasteiger partial charge in [0.1, 0.15) is 23.4 Å². The van der Waals surface area contributed by atoms with Gasteiger partial charge in [0.25, 0.3) is 0 Å². The third-order valence-electron chi connectivity index (χ3n) is 6.57. The highest BCUT2D eigenvalue weighted by Crippen LogP contribution is 2.50. The Labute approximate surface area is 233 Å². The van der Waals surface area contributed by atoms with Crippen molar-refractivity contribution in [2.45, 2.75) is 0 Å². The number of furan rings is 1. The number of aromatic nitrogens is 11. The highest BCUT2D eigenvalue weighted by atomic mass is 32.1. The number of H-pyrrole nitrogens is 2. The zero-order valence-corrected chi connectivity index (χ0v) is 21.6. The number of fused-ring (bicyclic) bond motifs is 1. The molecule has 196 valence electrons. The molecule has 7 aromatic heterocycles. The molecule has 0 unspecified atom stereocenters. The Kier molecular flexibility index (Phi) is 5.28. The quantitative estimate of drug-likeness (QED) is 0.271. The summed E-state index contributed by atoms with van der Waals surface area (Å²) in [6, 6.07) is 13.4. The smallest absolute Gasteiger partial charge is 0.227 e. The van der Waals surface area contributed by atoms with Gasteiger partial charge >= 0.3 is 0 Å². The molecule has 2 N–H and O–H groups in total. The van der Waals surface area contributed by atoms with E-state index in [9.17, 15) is 0 Å². The van der Waals surface area contributed by atoms with Crippen LogP contribution in [-0.2, 0) is 0 Å². The molecule has 0 spiro atoms. The molecule has 0 aliphatic carbocycles. The van der Waals surface area contributed by atoms with Gasteiger partial charge in [-0.1, -0.05) is 11.3 Å². The van der Waals surface area contributed by atoms with Crippen molar-refractivity contribution in [1.29, 1.82) is 0 Å². The van der Waals surface area contributed by atoms with Gasteiger partial charge in [-0.15, -0.1) is 10.2 Å². The third kappa shape index (κ3) is 3.73. The molecule has 0 bridgehead atoms. The van der Waals surface area contributed by atoms with Crippen molar-refractivity contribution >= 4 is 22.4 Å². The van der Waals surface area contributed by atoms with Crippen LogP contribution in [0.3, 0.4) is 0 Å². The van der Waals surface area contributed by atoms with Gasteiger partial charge < -0.3 is 8.83 Å². The molecule has 0 saturated heterocycles. The first kappa shape index (κ1) is 23.0. The van der Waals surface area contributed by atoms with E-state index in [1.165, 1.54) is 17.8 Å². The Morgan fingerprint density at radius 2 is 1.78 bits per heavy atom. The fraction of sp³-hybridized carbons (Fsp3) is 0. The van der Waals surface area contributed by atoms with Crippen molar-refractivity contribution in [1.82, 2.24) is 55.4 Å². The van der Waals surface area contributed by atoms with Crippen LogP contribution in [0.1, 0.15) is 0 Å². The van der Waals surface area contributed by atoms with Crippen LogP contribution in [-0.4, -0.2) is 55.4 Å². The van der Waals surface area contributed by atoms with Gasteiger partial charge in [0.05, 0.1) is 41.1 Å². The summed E-state index contributed by atoms with van der Waals surface area (Å²) in [5.41, 5.74) is 6.56. The van der Waals surface area contributed by atoms with Crippen LogP contribution in [0.25, 0.3) is 79.0 Å². The lowest BCUT2D eigenvalue weighted by atomic mass is 9.86. The first-order valence-corrected chi connectivity index (χ1v) is 13.1. The summed E-state index contributed by atoms with van der Waals surface area (Å²) in [6.45, 7) is 0. The molecule has 0 aliphatic rings. The number of tetrazole rings is 1. The molecule has 0 amide bonds. The standard InChI is InChI=1S/C27H15N11O2S/c1-2-7-28-15(4-1)20-14(19-5-3-9-39-19)12-17-22(21(20)16-6-11-41-35-16)24(27-29-8-10-40-27)23(18-13-30-36-32-18)25(31-17)26-33-37-38-34-26/h1-13H,(H,30,32,36)(H,33,34,37,38). The molecule has 0 atom stereocenters. The van der Waals surface area contributed by atoms with Gasteiger partial charge in [0.15, 0.2) is 5.82 Å². The summed E-state index contributed by atoms with van der Waals surface area (Å²) in [7, 11) is 0. The van der Waals surface area contributed by atoms with E-state index in [-0.39, 0.29) is 0 Å². The van der Waals surface area contributed by atoms with Crippen LogP contribution in [0.15, 0.2) is 87.8 Å². The zero-order valence-electron chi connectivity index (χ0n) is 20.8. The number of hydrogen-bond acceptors (Lipinski definition) is 12. The molecule has 8 aromatic rings. The van der Waals surface area contributed by atoms with Crippen molar-refractivity contribution in [3.05, 3.63) is 79.0 Å². The van der Waals surface area contributed by atoms with Gasteiger partial charge in [-0.3, -0.25) is 10.1 Å². The highest BCUT2D eigenvalue weighted by Gasteiger charge is 2.30. The van der Waals surface area contributed by atoms with E-state index in [1.807, 2.05) is 47.8 Å². The summed E-state index contributed by atoms with van der Waals surface area (Å²) in [5, 5.41) is 28.3. The van der Waals surface area contributed by atoms with Gasteiger partial charge in [-0.2, -0.15) is 4.37 Å². The molecule has 1 aromatic carbocycles. The second-order valence-corrected chi connectivity index (χ2v) is 9.47. The summed E-state index contributed by atoms with van der Waals surface area (Å²) in [4.78, 5) is 14.4. The Morgan fingerprint density at radius 3 is 2.49 bits per heavy atom. The monoisotopic (exact) mass is 557 g/mol.